The molecule has 42 heavy (non-hydrogen) atoms. The number of sulfonamides is 1. The van der Waals surface area contributed by atoms with E-state index in [0.29, 0.717) is 30.1 Å². The lowest BCUT2D eigenvalue weighted by Gasteiger charge is -2.38. The number of para-hydroxylation sites is 2. The van der Waals surface area contributed by atoms with Crippen LogP contribution in [0.1, 0.15) is 46.5 Å². The van der Waals surface area contributed by atoms with Crippen LogP contribution in [-0.4, -0.2) is 48.9 Å². The van der Waals surface area contributed by atoms with Crippen LogP contribution in [0.4, 0.5) is 5.69 Å². The number of benzene rings is 4. The van der Waals surface area contributed by atoms with Gasteiger partial charge >= 0.3 is 0 Å². The molecule has 0 spiro atoms. The second-order valence-corrected chi connectivity index (χ2v) is 12.6. The Labute approximate surface area is 244 Å². The van der Waals surface area contributed by atoms with E-state index in [1.807, 2.05) is 59.5 Å². The highest BCUT2D eigenvalue weighted by molar-refractivity contribution is 7.92. The molecule has 5 aromatic rings. The highest BCUT2D eigenvalue weighted by Gasteiger charge is 2.39. The number of aromatic amines is 1. The third-order valence-electron chi connectivity index (χ3n) is 8.18. The van der Waals surface area contributed by atoms with Crippen molar-refractivity contribution in [2.24, 2.45) is 0 Å². The maximum atomic E-state index is 14.0. The number of hydrogen-bond acceptors (Lipinski definition) is 5. The second kappa shape index (κ2) is 10.6. The average molecular weight is 579 g/mol. The Hall–Kier alpha value is -4.63. The molecular weight excluding hydrogens is 548 g/mol. The fourth-order valence-corrected chi connectivity index (χ4v) is 7.62. The molecule has 0 radical (unpaired) electrons. The molecule has 1 fully saturated rings. The average Bonchev–Trinajstić information content (AvgIpc) is 3.49. The Morgan fingerprint density at radius 1 is 0.857 bits per heavy atom. The van der Waals surface area contributed by atoms with Gasteiger partial charge in [-0.2, -0.15) is 0 Å². The van der Waals surface area contributed by atoms with E-state index in [9.17, 15) is 13.2 Å². The van der Waals surface area contributed by atoms with Gasteiger partial charge in [0.2, 0.25) is 0 Å². The number of H-pyrrole nitrogens is 1. The molecule has 8 nitrogen and oxygen atoms in total. The Balaban J connectivity index is 1.14. The molecule has 1 amide bonds. The van der Waals surface area contributed by atoms with Crippen LogP contribution in [0.2, 0.25) is 0 Å². The highest BCUT2D eigenvalue weighted by Crippen LogP contribution is 2.43. The number of ether oxygens (including phenoxy) is 1. The van der Waals surface area contributed by atoms with E-state index in [1.54, 1.807) is 48.5 Å². The topological polar surface area (TPSA) is 95.6 Å². The number of nitrogens with one attached hydrogen (secondary N) is 1. The predicted molar refractivity (Wildman–Crippen MR) is 161 cm³/mol. The zero-order chi connectivity index (χ0) is 28.7. The summed E-state index contributed by atoms with van der Waals surface area (Å²) in [6, 6.07) is 30.4. The summed E-state index contributed by atoms with van der Waals surface area (Å²) in [7, 11) is -3.92. The van der Waals surface area contributed by atoms with Crippen molar-refractivity contribution in [2.75, 3.05) is 24.0 Å². The van der Waals surface area contributed by atoms with Gasteiger partial charge in [-0.1, -0.05) is 60.7 Å². The smallest absolute Gasteiger partial charge is 0.265 e. The first kappa shape index (κ1) is 26.3. The van der Waals surface area contributed by atoms with Crippen LogP contribution in [-0.2, 0) is 10.0 Å². The molecule has 1 saturated heterocycles. The van der Waals surface area contributed by atoms with Gasteiger partial charge in [-0.25, -0.2) is 13.4 Å². The van der Waals surface area contributed by atoms with E-state index >= 15 is 0 Å². The number of amides is 1. The van der Waals surface area contributed by atoms with E-state index in [4.69, 9.17) is 9.72 Å². The van der Waals surface area contributed by atoms with Crippen LogP contribution in [0.25, 0.3) is 11.0 Å². The summed E-state index contributed by atoms with van der Waals surface area (Å²) < 4.78 is 35.6. The summed E-state index contributed by atoms with van der Waals surface area (Å²) >= 11 is 0. The SMILES string of the molecule is O=C(c1ccc2c(c1)OCC(c1ccccc1)N2S(=O)(=O)c1ccccc1)N1CCC(c2nc3ccccc3[nH]2)CC1. The number of nitrogens with zero attached hydrogens (tertiary/aromatic N) is 3. The first-order valence-electron chi connectivity index (χ1n) is 14.1. The van der Waals surface area contributed by atoms with Crippen LogP contribution in [0.15, 0.2) is 108 Å². The molecule has 7 rings (SSSR count). The zero-order valence-corrected chi connectivity index (χ0v) is 23.7. The van der Waals surface area contributed by atoms with Gasteiger partial charge < -0.3 is 14.6 Å². The van der Waals surface area contributed by atoms with E-state index in [-0.39, 0.29) is 23.3 Å². The number of fused-ring (bicyclic) bond motifs is 2. The van der Waals surface area contributed by atoms with Crippen molar-refractivity contribution < 1.29 is 17.9 Å². The highest BCUT2D eigenvalue weighted by atomic mass is 32.2. The molecule has 0 aliphatic carbocycles. The van der Waals surface area contributed by atoms with E-state index in [0.717, 1.165) is 35.3 Å². The standard InChI is InChI=1S/C33H30N4O4S/c38-33(36-19-17-24(18-20-36)32-34-27-13-7-8-14-28(27)35-32)25-15-16-29-31(21-25)41-22-30(23-9-3-1-4-10-23)37(29)42(39,40)26-11-5-2-6-12-26/h1-16,21,24,30H,17-20,22H2,(H,34,35). The molecule has 0 bridgehead atoms. The molecule has 3 heterocycles. The number of likely N-dealkylation sites (tertiary alicyclic amines) is 1. The number of piperidine rings is 1. The molecular formula is C33H30N4O4S. The van der Waals surface area contributed by atoms with Gasteiger partial charge in [0.1, 0.15) is 24.2 Å². The number of carbonyl (C=O) groups is 1. The number of carbonyl (C=O) groups excluding carboxylic acids is 1. The van der Waals surface area contributed by atoms with Gasteiger partial charge in [-0.15, -0.1) is 0 Å². The van der Waals surface area contributed by atoms with Gasteiger partial charge in [-0.3, -0.25) is 9.10 Å². The molecule has 4 aromatic carbocycles. The quantitative estimate of drug-likeness (QED) is 0.280. The molecule has 1 atom stereocenters. The summed E-state index contributed by atoms with van der Waals surface area (Å²) in [6.07, 6.45) is 1.63. The van der Waals surface area contributed by atoms with Crippen molar-refractivity contribution in [3.8, 4) is 5.75 Å². The lowest BCUT2D eigenvalue weighted by atomic mass is 9.95. The number of anilines is 1. The molecule has 2 aliphatic rings. The maximum absolute atomic E-state index is 14.0. The number of aromatic nitrogens is 2. The summed E-state index contributed by atoms with van der Waals surface area (Å²) in [4.78, 5) is 23.8. The van der Waals surface area contributed by atoms with Crippen LogP contribution in [0.5, 0.6) is 5.75 Å². The summed E-state index contributed by atoms with van der Waals surface area (Å²) in [5.41, 5.74) is 3.70. The minimum atomic E-state index is -3.92. The van der Waals surface area contributed by atoms with Crippen molar-refractivity contribution in [2.45, 2.75) is 29.7 Å². The molecule has 0 saturated carbocycles. The monoisotopic (exact) mass is 578 g/mol. The van der Waals surface area contributed by atoms with Crippen LogP contribution >= 0.6 is 0 Å². The van der Waals surface area contributed by atoms with Crippen molar-refractivity contribution in [3.63, 3.8) is 0 Å². The summed E-state index contributed by atoms with van der Waals surface area (Å²) in [5.74, 6) is 1.52. The maximum Gasteiger partial charge on any atom is 0.265 e. The number of rotatable bonds is 5. The van der Waals surface area contributed by atoms with Crippen LogP contribution in [0, 0.1) is 0 Å². The number of imidazole rings is 1. The third kappa shape index (κ3) is 4.69. The molecule has 1 aromatic heterocycles. The van der Waals surface area contributed by atoms with Crippen LogP contribution < -0.4 is 9.04 Å². The lowest BCUT2D eigenvalue weighted by molar-refractivity contribution is 0.0710. The summed E-state index contributed by atoms with van der Waals surface area (Å²) in [5, 5.41) is 0. The number of hydrogen-bond donors (Lipinski definition) is 1. The second-order valence-electron chi connectivity index (χ2n) is 10.7. The summed E-state index contributed by atoms with van der Waals surface area (Å²) in [6.45, 7) is 1.36. The van der Waals surface area contributed by atoms with Crippen LogP contribution in [0.3, 0.4) is 0 Å². The lowest BCUT2D eigenvalue weighted by Crippen LogP contribution is -2.41. The van der Waals surface area contributed by atoms with E-state index in [2.05, 4.69) is 4.98 Å². The Morgan fingerprint density at radius 2 is 1.55 bits per heavy atom. The zero-order valence-electron chi connectivity index (χ0n) is 22.9. The van der Waals surface area contributed by atoms with E-state index < -0.39 is 16.1 Å². The normalized spacial score (nSPS) is 17.6. The first-order valence-corrected chi connectivity index (χ1v) is 15.6. The predicted octanol–water partition coefficient (Wildman–Crippen LogP) is 5.91. The molecule has 212 valence electrons. The van der Waals surface area contributed by atoms with Gasteiger partial charge in [0.25, 0.3) is 15.9 Å². The molecule has 9 heteroatoms. The Kier molecular flexibility index (Phi) is 6.66. The van der Waals surface area contributed by atoms with Crippen molar-refractivity contribution in [1.29, 1.82) is 0 Å². The fourth-order valence-electron chi connectivity index (χ4n) is 5.96. The molecule has 1 N–H and O–H groups in total. The molecule has 1 unspecified atom stereocenters. The van der Waals surface area contributed by atoms with Crippen molar-refractivity contribution in [1.82, 2.24) is 14.9 Å². The Bertz CT molecular complexity index is 1820. The Morgan fingerprint density at radius 3 is 2.29 bits per heavy atom. The van der Waals surface area contributed by atoms with Gasteiger partial charge in [-0.05, 0) is 60.9 Å². The fraction of sp³-hybridized carbons (Fsp3) is 0.212. The third-order valence-corrected chi connectivity index (χ3v) is 10.0. The van der Waals surface area contributed by atoms with Gasteiger partial charge in [0.05, 0.1) is 21.6 Å². The first-order chi connectivity index (χ1) is 20.5. The van der Waals surface area contributed by atoms with Gasteiger partial charge in [0.15, 0.2) is 0 Å². The molecule has 2 aliphatic heterocycles. The minimum Gasteiger partial charge on any atom is -0.489 e. The van der Waals surface area contributed by atoms with Crippen molar-refractivity contribution >= 4 is 32.7 Å². The largest absolute Gasteiger partial charge is 0.489 e. The van der Waals surface area contributed by atoms with Crippen molar-refractivity contribution in [3.05, 3.63) is 120 Å². The van der Waals surface area contributed by atoms with Gasteiger partial charge in [0, 0.05) is 24.6 Å². The van der Waals surface area contributed by atoms with E-state index in [1.165, 1.54) is 4.31 Å². The minimum absolute atomic E-state index is 0.0906.